The van der Waals surface area contributed by atoms with Crippen molar-refractivity contribution in [2.45, 2.75) is 32.9 Å². The van der Waals surface area contributed by atoms with Crippen molar-refractivity contribution in [1.29, 1.82) is 0 Å². The molecule has 1 aromatic rings. The molecule has 1 aliphatic heterocycles. The SMILES string of the molecule is CCNCc1coc(CN(C)CC2CCOCC2)c1. The average Bonchev–Trinajstić information content (AvgIpc) is 2.85. The van der Waals surface area contributed by atoms with E-state index in [1.54, 1.807) is 0 Å². The van der Waals surface area contributed by atoms with Crippen LogP contribution >= 0.6 is 0 Å². The van der Waals surface area contributed by atoms with E-state index in [2.05, 4.69) is 30.3 Å². The number of rotatable bonds is 7. The fourth-order valence-electron chi connectivity index (χ4n) is 2.57. The molecule has 4 heteroatoms. The van der Waals surface area contributed by atoms with Crippen LogP contribution < -0.4 is 5.32 Å². The molecule has 4 nitrogen and oxygen atoms in total. The Morgan fingerprint density at radius 1 is 1.37 bits per heavy atom. The van der Waals surface area contributed by atoms with Crippen LogP contribution in [0.2, 0.25) is 0 Å². The molecule has 1 aliphatic rings. The lowest BCUT2D eigenvalue weighted by Crippen LogP contribution is -2.29. The third-order valence-corrected chi connectivity index (χ3v) is 3.62. The Kier molecular flexibility index (Phi) is 5.89. The highest BCUT2D eigenvalue weighted by Gasteiger charge is 2.16. The van der Waals surface area contributed by atoms with E-state index in [-0.39, 0.29) is 0 Å². The highest BCUT2D eigenvalue weighted by Crippen LogP contribution is 2.17. The molecule has 1 fully saturated rings. The van der Waals surface area contributed by atoms with Gasteiger partial charge in [-0.15, -0.1) is 0 Å². The zero-order chi connectivity index (χ0) is 13.5. The molecule has 0 bridgehead atoms. The van der Waals surface area contributed by atoms with Crippen molar-refractivity contribution in [2.24, 2.45) is 5.92 Å². The average molecular weight is 266 g/mol. The van der Waals surface area contributed by atoms with Crippen LogP contribution in [0.1, 0.15) is 31.1 Å². The van der Waals surface area contributed by atoms with Gasteiger partial charge in [0, 0.05) is 31.9 Å². The lowest BCUT2D eigenvalue weighted by molar-refractivity contribution is 0.0543. The molecule has 1 N–H and O–H groups in total. The summed E-state index contributed by atoms with van der Waals surface area (Å²) in [5.74, 6) is 1.83. The second kappa shape index (κ2) is 7.68. The van der Waals surface area contributed by atoms with Crippen molar-refractivity contribution in [1.82, 2.24) is 10.2 Å². The number of nitrogens with one attached hydrogen (secondary N) is 1. The Morgan fingerprint density at radius 3 is 2.89 bits per heavy atom. The van der Waals surface area contributed by atoms with Crippen LogP contribution in [0, 0.1) is 5.92 Å². The lowest BCUT2D eigenvalue weighted by Gasteiger charge is -2.26. The maximum Gasteiger partial charge on any atom is 0.118 e. The van der Waals surface area contributed by atoms with Crippen molar-refractivity contribution in [3.63, 3.8) is 0 Å². The molecular formula is C15H26N2O2. The molecule has 0 saturated carbocycles. The van der Waals surface area contributed by atoms with Gasteiger partial charge in [-0.2, -0.15) is 0 Å². The van der Waals surface area contributed by atoms with Gasteiger partial charge in [0.05, 0.1) is 12.8 Å². The Balaban J connectivity index is 1.74. The Hall–Kier alpha value is -0.840. The summed E-state index contributed by atoms with van der Waals surface area (Å²) >= 11 is 0. The molecule has 2 rings (SSSR count). The Labute approximate surface area is 116 Å². The highest BCUT2D eigenvalue weighted by atomic mass is 16.5. The van der Waals surface area contributed by atoms with E-state index in [9.17, 15) is 0 Å². The Bertz CT molecular complexity index is 359. The topological polar surface area (TPSA) is 37.6 Å². The number of ether oxygens (including phenoxy) is 1. The van der Waals surface area contributed by atoms with Crippen LogP contribution in [0.25, 0.3) is 0 Å². The minimum Gasteiger partial charge on any atom is -0.468 e. The monoisotopic (exact) mass is 266 g/mol. The summed E-state index contributed by atoms with van der Waals surface area (Å²) in [4.78, 5) is 2.35. The van der Waals surface area contributed by atoms with Crippen molar-refractivity contribution < 1.29 is 9.15 Å². The molecular weight excluding hydrogens is 240 g/mol. The van der Waals surface area contributed by atoms with Crippen molar-refractivity contribution in [2.75, 3.05) is 33.4 Å². The van der Waals surface area contributed by atoms with Gasteiger partial charge in [0.15, 0.2) is 0 Å². The smallest absolute Gasteiger partial charge is 0.118 e. The zero-order valence-corrected chi connectivity index (χ0v) is 12.2. The molecule has 0 atom stereocenters. The van der Waals surface area contributed by atoms with Gasteiger partial charge in [-0.1, -0.05) is 6.92 Å². The first kappa shape index (κ1) is 14.6. The van der Waals surface area contributed by atoms with Gasteiger partial charge in [-0.3, -0.25) is 4.90 Å². The number of furan rings is 1. The van der Waals surface area contributed by atoms with Crippen molar-refractivity contribution in [3.05, 3.63) is 23.7 Å². The van der Waals surface area contributed by atoms with Crippen molar-refractivity contribution >= 4 is 0 Å². The van der Waals surface area contributed by atoms with Crippen LogP contribution in [0.5, 0.6) is 0 Å². The molecule has 1 aromatic heterocycles. The van der Waals surface area contributed by atoms with Gasteiger partial charge in [0.25, 0.3) is 0 Å². The van der Waals surface area contributed by atoms with Crippen molar-refractivity contribution in [3.8, 4) is 0 Å². The van der Waals surface area contributed by atoms with E-state index in [1.807, 2.05) is 6.26 Å². The maximum absolute atomic E-state index is 5.62. The minimum atomic E-state index is 0.773. The third kappa shape index (κ3) is 4.97. The van der Waals surface area contributed by atoms with E-state index < -0.39 is 0 Å². The second-order valence-corrected chi connectivity index (χ2v) is 5.45. The summed E-state index contributed by atoms with van der Waals surface area (Å²) in [6.45, 7) is 7.87. The van der Waals surface area contributed by atoms with Gasteiger partial charge < -0.3 is 14.5 Å². The van der Waals surface area contributed by atoms with E-state index >= 15 is 0 Å². The van der Waals surface area contributed by atoms with E-state index in [1.165, 1.54) is 18.4 Å². The van der Waals surface area contributed by atoms with Crippen LogP contribution in [-0.2, 0) is 17.8 Å². The quantitative estimate of drug-likeness (QED) is 0.821. The summed E-state index contributed by atoms with van der Waals surface area (Å²) in [6, 6.07) is 2.16. The molecule has 1 saturated heterocycles. The fraction of sp³-hybridized carbons (Fsp3) is 0.733. The molecule has 19 heavy (non-hydrogen) atoms. The number of nitrogens with zero attached hydrogens (tertiary/aromatic N) is 1. The number of hydrogen-bond acceptors (Lipinski definition) is 4. The maximum atomic E-state index is 5.62. The lowest BCUT2D eigenvalue weighted by atomic mass is 10.00. The number of hydrogen-bond donors (Lipinski definition) is 1. The minimum absolute atomic E-state index is 0.773. The summed E-state index contributed by atoms with van der Waals surface area (Å²) in [5.41, 5.74) is 1.23. The largest absolute Gasteiger partial charge is 0.468 e. The predicted molar refractivity (Wildman–Crippen MR) is 76.0 cm³/mol. The van der Waals surface area contributed by atoms with Crippen LogP contribution in [0.4, 0.5) is 0 Å². The van der Waals surface area contributed by atoms with Gasteiger partial charge >= 0.3 is 0 Å². The molecule has 0 amide bonds. The predicted octanol–water partition coefficient (Wildman–Crippen LogP) is 2.25. The molecule has 0 spiro atoms. The first-order valence-corrected chi connectivity index (χ1v) is 7.31. The molecule has 0 aromatic carbocycles. The van der Waals surface area contributed by atoms with Gasteiger partial charge in [-0.25, -0.2) is 0 Å². The third-order valence-electron chi connectivity index (χ3n) is 3.62. The molecule has 0 radical (unpaired) electrons. The highest BCUT2D eigenvalue weighted by molar-refractivity contribution is 5.12. The normalized spacial score (nSPS) is 17.2. The van der Waals surface area contributed by atoms with Crippen LogP contribution in [-0.4, -0.2) is 38.3 Å². The summed E-state index contributed by atoms with van der Waals surface area (Å²) in [7, 11) is 2.17. The van der Waals surface area contributed by atoms with Crippen LogP contribution in [0.3, 0.4) is 0 Å². The summed E-state index contributed by atoms with van der Waals surface area (Å²) < 4.78 is 11.0. The fourth-order valence-corrected chi connectivity index (χ4v) is 2.57. The van der Waals surface area contributed by atoms with E-state index in [4.69, 9.17) is 9.15 Å². The molecule has 2 heterocycles. The summed E-state index contributed by atoms with van der Waals surface area (Å²) in [5, 5.41) is 3.31. The first-order chi connectivity index (χ1) is 9.28. The zero-order valence-electron chi connectivity index (χ0n) is 12.2. The molecule has 0 unspecified atom stereocenters. The van der Waals surface area contributed by atoms with Gasteiger partial charge in [0.2, 0.25) is 0 Å². The molecule has 108 valence electrons. The standard InChI is InChI=1S/C15H26N2O2/c1-3-16-9-14-8-15(19-12-14)11-17(2)10-13-4-6-18-7-5-13/h8,12-13,16H,3-7,9-11H2,1-2H3. The van der Waals surface area contributed by atoms with Gasteiger partial charge in [-0.05, 0) is 38.4 Å². The van der Waals surface area contributed by atoms with E-state index in [0.717, 1.165) is 51.1 Å². The second-order valence-electron chi connectivity index (χ2n) is 5.45. The molecule has 0 aliphatic carbocycles. The first-order valence-electron chi connectivity index (χ1n) is 7.31. The van der Waals surface area contributed by atoms with Gasteiger partial charge in [0.1, 0.15) is 5.76 Å². The summed E-state index contributed by atoms with van der Waals surface area (Å²) in [6.07, 6.45) is 4.24. The van der Waals surface area contributed by atoms with E-state index in [0.29, 0.717) is 0 Å². The van der Waals surface area contributed by atoms with Crippen LogP contribution in [0.15, 0.2) is 16.7 Å². The Morgan fingerprint density at radius 2 is 2.16 bits per heavy atom.